The molecule has 1 nitrogen and oxygen atoms in total. The van der Waals surface area contributed by atoms with Crippen LogP contribution in [0.15, 0.2) is 30.3 Å². The van der Waals surface area contributed by atoms with Crippen molar-refractivity contribution in [1.82, 2.24) is 0 Å². The Kier molecular flexibility index (Phi) is 3.13. The number of aryl methyl sites for hydroxylation is 3. The van der Waals surface area contributed by atoms with Crippen LogP contribution in [0.1, 0.15) is 27.8 Å². The van der Waals surface area contributed by atoms with Crippen molar-refractivity contribution < 1.29 is 4.74 Å². The van der Waals surface area contributed by atoms with Crippen molar-refractivity contribution in [1.29, 1.82) is 0 Å². The first kappa shape index (κ1) is 13.0. The summed E-state index contributed by atoms with van der Waals surface area (Å²) in [5.74, 6) is 0.995. The molecule has 0 heterocycles. The molecule has 1 aliphatic carbocycles. The molecule has 0 spiro atoms. The van der Waals surface area contributed by atoms with Crippen molar-refractivity contribution in [3.63, 3.8) is 0 Å². The fourth-order valence-electron chi connectivity index (χ4n) is 3.24. The van der Waals surface area contributed by atoms with E-state index in [1.165, 1.54) is 38.9 Å². The minimum Gasteiger partial charge on any atom is -0.496 e. The van der Waals surface area contributed by atoms with Crippen LogP contribution < -0.4 is 4.74 Å². The quantitative estimate of drug-likeness (QED) is 0.753. The van der Waals surface area contributed by atoms with Gasteiger partial charge in [0, 0.05) is 0 Å². The van der Waals surface area contributed by atoms with Crippen LogP contribution in [0.2, 0.25) is 0 Å². The molecule has 3 rings (SSSR count). The van der Waals surface area contributed by atoms with Crippen molar-refractivity contribution in [2.45, 2.75) is 27.2 Å². The second-order valence-electron chi connectivity index (χ2n) is 5.58. The number of hydrogen-bond acceptors (Lipinski definition) is 1. The Balaban J connectivity index is 2.25. The lowest BCUT2D eigenvalue weighted by Gasteiger charge is -2.16. The molecule has 0 amide bonds. The summed E-state index contributed by atoms with van der Waals surface area (Å²) in [5.41, 5.74) is 9.19. The molecule has 102 valence electrons. The van der Waals surface area contributed by atoms with Crippen LogP contribution in [0, 0.1) is 20.8 Å². The molecular formula is C19H20O. The van der Waals surface area contributed by atoms with E-state index in [0.29, 0.717) is 0 Å². The summed E-state index contributed by atoms with van der Waals surface area (Å²) in [6.07, 6.45) is 5.56. The summed E-state index contributed by atoms with van der Waals surface area (Å²) in [4.78, 5) is 0. The van der Waals surface area contributed by atoms with E-state index in [-0.39, 0.29) is 0 Å². The van der Waals surface area contributed by atoms with E-state index in [9.17, 15) is 0 Å². The van der Waals surface area contributed by atoms with Gasteiger partial charge in [0.25, 0.3) is 0 Å². The molecule has 0 saturated carbocycles. The molecule has 1 heteroatoms. The van der Waals surface area contributed by atoms with Crippen LogP contribution in [0.3, 0.4) is 0 Å². The molecule has 0 unspecified atom stereocenters. The van der Waals surface area contributed by atoms with E-state index in [4.69, 9.17) is 4.74 Å². The minimum absolute atomic E-state index is 0.995. The Morgan fingerprint density at radius 2 is 1.65 bits per heavy atom. The van der Waals surface area contributed by atoms with Gasteiger partial charge in [0.1, 0.15) is 5.75 Å². The highest BCUT2D eigenvalue weighted by Crippen LogP contribution is 2.37. The van der Waals surface area contributed by atoms with Gasteiger partial charge in [-0.3, -0.25) is 0 Å². The highest BCUT2D eigenvalue weighted by atomic mass is 16.5. The average Bonchev–Trinajstić information content (AvgIpc) is 2.86. The van der Waals surface area contributed by atoms with Crippen LogP contribution in [0.25, 0.3) is 17.2 Å². The van der Waals surface area contributed by atoms with E-state index in [1.54, 1.807) is 7.11 Å². The van der Waals surface area contributed by atoms with Crippen molar-refractivity contribution >= 4 is 6.08 Å². The Bertz CT molecular complexity index is 685. The summed E-state index contributed by atoms with van der Waals surface area (Å²) in [5, 5.41) is 0. The summed E-state index contributed by atoms with van der Waals surface area (Å²) in [7, 11) is 1.74. The highest BCUT2D eigenvalue weighted by molar-refractivity contribution is 5.82. The standard InChI is InChI=1S/C19H20O/c1-12-8-9-15-6-5-7-17(15)18(12)16-10-13(2)19(20-4)14(3)11-16/h5,7-11H,6H2,1-4H3. The Morgan fingerprint density at radius 1 is 0.950 bits per heavy atom. The maximum atomic E-state index is 5.48. The second kappa shape index (κ2) is 4.82. The zero-order valence-corrected chi connectivity index (χ0v) is 12.6. The monoisotopic (exact) mass is 264 g/mol. The van der Waals surface area contributed by atoms with Crippen LogP contribution in [0.4, 0.5) is 0 Å². The fraction of sp³-hybridized carbons (Fsp3) is 0.263. The highest BCUT2D eigenvalue weighted by Gasteiger charge is 2.15. The minimum atomic E-state index is 0.995. The molecule has 0 saturated heterocycles. The van der Waals surface area contributed by atoms with Gasteiger partial charge in [-0.1, -0.05) is 24.3 Å². The van der Waals surface area contributed by atoms with Crippen molar-refractivity contribution in [2.75, 3.05) is 7.11 Å². The maximum Gasteiger partial charge on any atom is 0.124 e. The number of allylic oxidation sites excluding steroid dienone is 1. The third kappa shape index (κ3) is 1.94. The Labute approximate surface area is 120 Å². The van der Waals surface area contributed by atoms with Crippen LogP contribution in [-0.4, -0.2) is 7.11 Å². The smallest absolute Gasteiger partial charge is 0.124 e. The number of rotatable bonds is 2. The van der Waals surface area contributed by atoms with Gasteiger partial charge in [-0.2, -0.15) is 0 Å². The van der Waals surface area contributed by atoms with Crippen LogP contribution >= 0.6 is 0 Å². The first-order valence-electron chi connectivity index (χ1n) is 7.06. The number of ether oxygens (including phenoxy) is 1. The van der Waals surface area contributed by atoms with E-state index >= 15 is 0 Å². The van der Waals surface area contributed by atoms with Gasteiger partial charge in [0.2, 0.25) is 0 Å². The number of methoxy groups -OCH3 is 1. The lowest BCUT2D eigenvalue weighted by atomic mass is 9.91. The van der Waals surface area contributed by atoms with Gasteiger partial charge in [0.15, 0.2) is 0 Å². The molecule has 0 bridgehead atoms. The molecule has 2 aromatic carbocycles. The van der Waals surface area contributed by atoms with E-state index in [0.717, 1.165) is 12.2 Å². The first-order chi connectivity index (χ1) is 9.61. The molecule has 0 aromatic heterocycles. The number of hydrogen-bond donors (Lipinski definition) is 0. The van der Waals surface area contributed by atoms with Crippen LogP contribution in [-0.2, 0) is 6.42 Å². The molecule has 0 radical (unpaired) electrons. The number of fused-ring (bicyclic) bond motifs is 1. The van der Waals surface area contributed by atoms with Gasteiger partial charge in [-0.25, -0.2) is 0 Å². The van der Waals surface area contributed by atoms with Crippen molar-refractivity contribution in [2.24, 2.45) is 0 Å². The van der Waals surface area contributed by atoms with Crippen molar-refractivity contribution in [3.8, 4) is 16.9 Å². The van der Waals surface area contributed by atoms with Gasteiger partial charge < -0.3 is 4.74 Å². The van der Waals surface area contributed by atoms with E-state index in [1.807, 2.05) is 0 Å². The molecule has 2 aromatic rings. The predicted molar refractivity (Wildman–Crippen MR) is 85.4 cm³/mol. The SMILES string of the molecule is COc1c(C)cc(-c2c(C)ccc3c2C=CC3)cc1C. The molecule has 20 heavy (non-hydrogen) atoms. The summed E-state index contributed by atoms with van der Waals surface area (Å²) in [6, 6.07) is 8.95. The maximum absolute atomic E-state index is 5.48. The fourth-order valence-corrected chi connectivity index (χ4v) is 3.24. The zero-order valence-electron chi connectivity index (χ0n) is 12.6. The molecule has 1 aliphatic rings. The van der Waals surface area contributed by atoms with Gasteiger partial charge in [-0.05, 0) is 78.3 Å². The lowest BCUT2D eigenvalue weighted by Crippen LogP contribution is -1.95. The lowest BCUT2D eigenvalue weighted by molar-refractivity contribution is 0.408. The molecule has 0 N–H and O–H groups in total. The number of benzene rings is 2. The molecular weight excluding hydrogens is 244 g/mol. The molecule has 0 atom stereocenters. The van der Waals surface area contributed by atoms with Crippen molar-refractivity contribution in [3.05, 3.63) is 58.2 Å². The normalized spacial score (nSPS) is 12.6. The van der Waals surface area contributed by atoms with Crippen LogP contribution in [0.5, 0.6) is 5.75 Å². The predicted octanol–water partition coefficient (Wildman–Crippen LogP) is 4.86. The Hall–Kier alpha value is -2.02. The average molecular weight is 264 g/mol. The first-order valence-corrected chi connectivity index (χ1v) is 7.06. The third-order valence-electron chi connectivity index (χ3n) is 4.12. The van der Waals surface area contributed by atoms with E-state index < -0.39 is 0 Å². The van der Waals surface area contributed by atoms with Gasteiger partial charge >= 0.3 is 0 Å². The molecule has 0 aliphatic heterocycles. The molecule has 0 fully saturated rings. The summed E-state index contributed by atoms with van der Waals surface area (Å²) in [6.45, 7) is 6.42. The van der Waals surface area contributed by atoms with E-state index in [2.05, 4.69) is 57.2 Å². The van der Waals surface area contributed by atoms with Gasteiger partial charge in [-0.15, -0.1) is 0 Å². The van der Waals surface area contributed by atoms with Gasteiger partial charge in [0.05, 0.1) is 7.11 Å². The Morgan fingerprint density at radius 3 is 2.30 bits per heavy atom. The summed E-state index contributed by atoms with van der Waals surface area (Å²) >= 11 is 0. The zero-order chi connectivity index (χ0) is 14.3. The largest absolute Gasteiger partial charge is 0.496 e. The third-order valence-corrected chi connectivity index (χ3v) is 4.12. The second-order valence-corrected chi connectivity index (χ2v) is 5.58. The summed E-state index contributed by atoms with van der Waals surface area (Å²) < 4.78 is 5.48. The topological polar surface area (TPSA) is 9.23 Å².